The molecule has 1 saturated heterocycles. The van der Waals surface area contributed by atoms with Crippen LogP contribution in [0.5, 0.6) is 5.75 Å². The van der Waals surface area contributed by atoms with Crippen LogP contribution in [0.2, 0.25) is 0 Å². The molecule has 1 aliphatic rings. The van der Waals surface area contributed by atoms with Gasteiger partial charge < -0.3 is 14.7 Å². The second-order valence-corrected chi connectivity index (χ2v) is 5.87. The molecule has 1 atom stereocenters. The summed E-state index contributed by atoms with van der Waals surface area (Å²) in [7, 11) is 0. The number of carbonyl (C=O) groups excluding carboxylic acids is 1. The minimum absolute atomic E-state index is 0.0328. The van der Waals surface area contributed by atoms with Gasteiger partial charge in [-0.15, -0.1) is 0 Å². The first-order chi connectivity index (χ1) is 11.6. The van der Waals surface area contributed by atoms with Crippen LogP contribution < -0.4 is 4.74 Å². The lowest BCUT2D eigenvalue weighted by Crippen LogP contribution is -2.27. The van der Waals surface area contributed by atoms with Gasteiger partial charge >= 0.3 is 0 Å². The van der Waals surface area contributed by atoms with E-state index in [9.17, 15) is 14.3 Å². The lowest BCUT2D eigenvalue weighted by atomic mass is 10.1. The molecule has 0 bridgehead atoms. The Morgan fingerprint density at radius 3 is 2.46 bits per heavy atom. The molecule has 0 spiro atoms. The minimum Gasteiger partial charge on any atom is -0.491 e. The summed E-state index contributed by atoms with van der Waals surface area (Å²) in [5.41, 5.74) is 0.831. The quantitative estimate of drug-likeness (QED) is 0.916. The maximum atomic E-state index is 13.6. The predicted molar refractivity (Wildman–Crippen MR) is 88.4 cm³/mol. The maximum Gasteiger partial charge on any atom is 0.253 e. The first kappa shape index (κ1) is 16.5. The standard InChI is InChI=1S/C19H20FNO3/c20-17-6-2-1-5-16(17)18(22)13-24-15-9-7-14(8-10-15)19(23)21-11-3-4-12-21/h1-2,5-10,18,22H,3-4,11-13H2. The number of likely N-dealkylation sites (tertiary alicyclic amines) is 1. The molecule has 0 aliphatic carbocycles. The number of ether oxygens (including phenoxy) is 1. The number of halogens is 1. The molecule has 0 aromatic heterocycles. The molecule has 4 nitrogen and oxygen atoms in total. The molecule has 1 amide bonds. The first-order valence-corrected chi connectivity index (χ1v) is 8.10. The van der Waals surface area contributed by atoms with E-state index in [4.69, 9.17) is 4.74 Å². The number of aliphatic hydroxyl groups excluding tert-OH is 1. The summed E-state index contributed by atoms with van der Waals surface area (Å²) in [6.45, 7) is 1.57. The zero-order chi connectivity index (χ0) is 16.9. The van der Waals surface area contributed by atoms with Crippen molar-refractivity contribution >= 4 is 5.91 Å². The molecule has 0 radical (unpaired) electrons. The normalized spacial score (nSPS) is 15.3. The van der Waals surface area contributed by atoms with Gasteiger partial charge in [0, 0.05) is 24.2 Å². The Morgan fingerprint density at radius 1 is 1.12 bits per heavy atom. The van der Waals surface area contributed by atoms with E-state index in [1.165, 1.54) is 12.1 Å². The van der Waals surface area contributed by atoms with Crippen LogP contribution in [-0.2, 0) is 0 Å². The molecule has 0 saturated carbocycles. The summed E-state index contributed by atoms with van der Waals surface area (Å²) in [4.78, 5) is 14.1. The van der Waals surface area contributed by atoms with Gasteiger partial charge in [0.2, 0.25) is 0 Å². The predicted octanol–water partition coefficient (Wildman–Crippen LogP) is 3.17. The smallest absolute Gasteiger partial charge is 0.253 e. The third-order valence-corrected chi connectivity index (χ3v) is 4.17. The van der Waals surface area contributed by atoms with E-state index < -0.39 is 11.9 Å². The van der Waals surface area contributed by atoms with Gasteiger partial charge in [0.1, 0.15) is 24.3 Å². The van der Waals surface area contributed by atoms with Gasteiger partial charge in [-0.3, -0.25) is 4.79 Å². The van der Waals surface area contributed by atoms with E-state index in [-0.39, 0.29) is 18.1 Å². The van der Waals surface area contributed by atoms with E-state index in [0.717, 1.165) is 25.9 Å². The highest BCUT2D eigenvalue weighted by Crippen LogP contribution is 2.20. The summed E-state index contributed by atoms with van der Waals surface area (Å²) < 4.78 is 19.1. The highest BCUT2D eigenvalue weighted by molar-refractivity contribution is 5.94. The summed E-state index contributed by atoms with van der Waals surface area (Å²) >= 11 is 0. The van der Waals surface area contributed by atoms with E-state index in [2.05, 4.69) is 0 Å². The molecule has 1 N–H and O–H groups in total. The van der Waals surface area contributed by atoms with Gasteiger partial charge in [0.05, 0.1) is 0 Å². The number of carbonyl (C=O) groups is 1. The van der Waals surface area contributed by atoms with Crippen molar-refractivity contribution in [2.45, 2.75) is 18.9 Å². The molecule has 2 aromatic rings. The fraction of sp³-hybridized carbons (Fsp3) is 0.316. The average Bonchev–Trinajstić information content (AvgIpc) is 3.14. The van der Waals surface area contributed by atoms with Gasteiger partial charge in [0.25, 0.3) is 5.91 Å². The molecule has 126 valence electrons. The summed E-state index contributed by atoms with van der Waals surface area (Å²) in [6, 6.07) is 12.9. The minimum atomic E-state index is -1.04. The van der Waals surface area contributed by atoms with Gasteiger partial charge in [-0.1, -0.05) is 18.2 Å². The molecule has 1 fully saturated rings. The summed E-state index contributed by atoms with van der Waals surface area (Å²) in [5.74, 6) is 0.106. The number of rotatable bonds is 5. The molecule has 1 aliphatic heterocycles. The second kappa shape index (κ2) is 7.45. The van der Waals surface area contributed by atoms with Crippen molar-refractivity contribution in [1.29, 1.82) is 0 Å². The highest BCUT2D eigenvalue weighted by atomic mass is 19.1. The van der Waals surface area contributed by atoms with Crippen LogP contribution in [-0.4, -0.2) is 35.6 Å². The summed E-state index contributed by atoms with van der Waals surface area (Å²) in [5, 5.41) is 10.0. The third-order valence-electron chi connectivity index (χ3n) is 4.17. The van der Waals surface area contributed by atoms with E-state index in [1.807, 2.05) is 4.90 Å². The van der Waals surface area contributed by atoms with Gasteiger partial charge in [-0.05, 0) is 43.2 Å². The highest BCUT2D eigenvalue weighted by Gasteiger charge is 2.19. The average molecular weight is 329 g/mol. The molecular weight excluding hydrogens is 309 g/mol. The lowest BCUT2D eigenvalue weighted by molar-refractivity contribution is 0.0792. The zero-order valence-electron chi connectivity index (χ0n) is 13.3. The van der Waals surface area contributed by atoms with Crippen LogP contribution in [0.4, 0.5) is 4.39 Å². The van der Waals surface area contributed by atoms with Crippen LogP contribution in [0.3, 0.4) is 0 Å². The SMILES string of the molecule is O=C(c1ccc(OCC(O)c2ccccc2F)cc1)N1CCCC1. The fourth-order valence-electron chi connectivity index (χ4n) is 2.81. The topological polar surface area (TPSA) is 49.8 Å². The molecule has 24 heavy (non-hydrogen) atoms. The van der Waals surface area contributed by atoms with Crippen LogP contribution >= 0.6 is 0 Å². The number of amides is 1. The monoisotopic (exact) mass is 329 g/mol. The first-order valence-electron chi connectivity index (χ1n) is 8.10. The molecular formula is C19H20FNO3. The van der Waals surface area contributed by atoms with Crippen LogP contribution in [0.1, 0.15) is 34.9 Å². The van der Waals surface area contributed by atoms with Crippen molar-refractivity contribution in [3.8, 4) is 5.75 Å². The Balaban J connectivity index is 1.58. The molecule has 2 aromatic carbocycles. The fourth-order valence-corrected chi connectivity index (χ4v) is 2.81. The Hall–Kier alpha value is -2.40. The van der Waals surface area contributed by atoms with Crippen molar-refractivity contribution in [2.24, 2.45) is 0 Å². The van der Waals surface area contributed by atoms with E-state index in [0.29, 0.717) is 11.3 Å². The van der Waals surface area contributed by atoms with E-state index in [1.54, 1.807) is 36.4 Å². The number of hydrogen-bond acceptors (Lipinski definition) is 3. The number of aliphatic hydroxyl groups is 1. The van der Waals surface area contributed by atoms with E-state index >= 15 is 0 Å². The molecule has 1 heterocycles. The van der Waals surface area contributed by atoms with Crippen molar-refractivity contribution in [1.82, 2.24) is 4.90 Å². The Morgan fingerprint density at radius 2 is 1.79 bits per heavy atom. The zero-order valence-corrected chi connectivity index (χ0v) is 13.3. The number of nitrogens with zero attached hydrogens (tertiary/aromatic N) is 1. The van der Waals surface area contributed by atoms with Crippen molar-refractivity contribution < 1.29 is 19.0 Å². The van der Waals surface area contributed by atoms with Crippen LogP contribution in [0.15, 0.2) is 48.5 Å². The number of benzene rings is 2. The Labute approximate surface area is 140 Å². The van der Waals surface area contributed by atoms with Crippen molar-refractivity contribution in [3.63, 3.8) is 0 Å². The third kappa shape index (κ3) is 3.74. The van der Waals surface area contributed by atoms with Crippen LogP contribution in [0.25, 0.3) is 0 Å². The van der Waals surface area contributed by atoms with Crippen molar-refractivity contribution in [2.75, 3.05) is 19.7 Å². The molecule has 5 heteroatoms. The Kier molecular flexibility index (Phi) is 5.11. The largest absolute Gasteiger partial charge is 0.491 e. The van der Waals surface area contributed by atoms with Crippen molar-refractivity contribution in [3.05, 3.63) is 65.5 Å². The van der Waals surface area contributed by atoms with Gasteiger partial charge in [0.15, 0.2) is 0 Å². The maximum absolute atomic E-state index is 13.6. The summed E-state index contributed by atoms with van der Waals surface area (Å²) in [6.07, 6.45) is 1.07. The van der Waals surface area contributed by atoms with Gasteiger partial charge in [-0.2, -0.15) is 0 Å². The molecule has 1 unspecified atom stereocenters. The van der Waals surface area contributed by atoms with Gasteiger partial charge in [-0.25, -0.2) is 4.39 Å². The lowest BCUT2D eigenvalue weighted by Gasteiger charge is -2.16. The number of hydrogen-bond donors (Lipinski definition) is 1. The second-order valence-electron chi connectivity index (χ2n) is 5.87. The Bertz CT molecular complexity index is 696. The molecule has 3 rings (SSSR count). The van der Waals surface area contributed by atoms with Crippen LogP contribution in [0, 0.1) is 5.82 Å².